The van der Waals surface area contributed by atoms with Gasteiger partial charge in [0.2, 0.25) is 5.13 Å². The van der Waals surface area contributed by atoms with Gasteiger partial charge in [-0.05, 0) is 25.0 Å². The van der Waals surface area contributed by atoms with Gasteiger partial charge < -0.3 is 16.0 Å². The highest BCUT2D eigenvalue weighted by Crippen LogP contribution is 2.28. The summed E-state index contributed by atoms with van der Waals surface area (Å²) in [5.41, 5.74) is 8.97. The minimum atomic E-state index is -0.267. The smallest absolute Gasteiger partial charge is 0.275 e. The Morgan fingerprint density at radius 3 is 2.87 bits per heavy atom. The van der Waals surface area contributed by atoms with E-state index in [2.05, 4.69) is 25.3 Å². The van der Waals surface area contributed by atoms with E-state index in [9.17, 15) is 4.79 Å². The molecule has 0 spiro atoms. The number of hydrogen-bond donors (Lipinski definition) is 2. The second kappa shape index (κ2) is 7.85. The highest BCUT2D eigenvalue weighted by atomic mass is 32.1. The summed E-state index contributed by atoms with van der Waals surface area (Å²) in [5, 5.41) is 10.8. The lowest BCUT2D eigenvalue weighted by molar-refractivity contribution is 0.102. The van der Waals surface area contributed by atoms with Crippen molar-refractivity contribution in [2.75, 3.05) is 23.3 Å². The Morgan fingerprint density at radius 2 is 2.00 bits per heavy atom. The Morgan fingerprint density at radius 1 is 1.17 bits per heavy atom. The lowest BCUT2D eigenvalue weighted by Crippen LogP contribution is -2.40. The molecule has 0 saturated carbocycles. The van der Waals surface area contributed by atoms with Gasteiger partial charge in [0.25, 0.3) is 5.91 Å². The number of amides is 1. The van der Waals surface area contributed by atoms with Crippen molar-refractivity contribution in [3.8, 4) is 5.13 Å². The van der Waals surface area contributed by atoms with Crippen molar-refractivity contribution < 1.29 is 4.79 Å². The normalized spacial score (nSPS) is 14.9. The molecule has 8 nitrogen and oxygen atoms in total. The molecule has 0 bridgehead atoms. The average Bonchev–Trinajstić information content (AvgIpc) is 3.42. The number of thiazole rings is 1. The Balaban J connectivity index is 1.37. The number of carbonyl (C=O) groups is 1. The van der Waals surface area contributed by atoms with Crippen molar-refractivity contribution in [3.05, 3.63) is 60.0 Å². The molecule has 0 unspecified atom stereocenters. The SMILES string of the molecule is NC1CCN(c2ccncc2NC(=O)c2csc(-n3ncc4ccccc43)n2)CC1. The number of fused-ring (bicyclic) bond motifs is 1. The summed E-state index contributed by atoms with van der Waals surface area (Å²) in [6.45, 7) is 1.72. The summed E-state index contributed by atoms with van der Waals surface area (Å²) in [7, 11) is 0. The van der Waals surface area contributed by atoms with E-state index in [1.807, 2.05) is 30.3 Å². The van der Waals surface area contributed by atoms with Gasteiger partial charge in [0.05, 0.1) is 29.3 Å². The molecule has 1 saturated heterocycles. The lowest BCUT2D eigenvalue weighted by Gasteiger charge is -2.33. The van der Waals surface area contributed by atoms with E-state index in [0.29, 0.717) is 16.5 Å². The predicted molar refractivity (Wildman–Crippen MR) is 118 cm³/mol. The number of carbonyl (C=O) groups excluding carboxylic acids is 1. The fourth-order valence-electron chi connectivity index (χ4n) is 3.68. The standard InChI is InChI=1S/C21H21N7OS/c22-15-6-9-27(10-7-15)19-5-8-23-12-16(19)25-20(29)17-13-30-21(26-17)28-18-4-2-1-3-14(18)11-24-28/h1-5,8,11-13,15H,6-7,9-10,22H2,(H,25,29). The van der Waals surface area contributed by atoms with Crippen LogP contribution in [0.5, 0.6) is 0 Å². The van der Waals surface area contributed by atoms with Crippen molar-refractivity contribution in [3.63, 3.8) is 0 Å². The molecule has 4 heterocycles. The van der Waals surface area contributed by atoms with Crippen LogP contribution in [0.2, 0.25) is 0 Å². The van der Waals surface area contributed by atoms with Crippen LogP contribution in [0.15, 0.2) is 54.3 Å². The molecule has 4 aromatic rings. The van der Waals surface area contributed by atoms with Crippen molar-refractivity contribution in [1.82, 2.24) is 19.7 Å². The first-order valence-electron chi connectivity index (χ1n) is 9.83. The molecule has 30 heavy (non-hydrogen) atoms. The van der Waals surface area contributed by atoms with Crippen molar-refractivity contribution in [2.24, 2.45) is 5.73 Å². The van der Waals surface area contributed by atoms with Crippen molar-refractivity contribution >= 4 is 39.5 Å². The van der Waals surface area contributed by atoms with E-state index < -0.39 is 0 Å². The molecule has 3 aromatic heterocycles. The molecule has 0 atom stereocenters. The van der Waals surface area contributed by atoms with Crippen LogP contribution < -0.4 is 16.0 Å². The molecule has 9 heteroatoms. The van der Waals surface area contributed by atoms with Crippen molar-refractivity contribution in [1.29, 1.82) is 0 Å². The summed E-state index contributed by atoms with van der Waals surface area (Å²) in [6.07, 6.45) is 7.08. The van der Waals surface area contributed by atoms with E-state index in [0.717, 1.165) is 42.5 Å². The highest BCUT2D eigenvalue weighted by molar-refractivity contribution is 7.12. The number of para-hydroxylation sites is 1. The second-order valence-electron chi connectivity index (χ2n) is 7.30. The minimum absolute atomic E-state index is 0.243. The van der Waals surface area contributed by atoms with Gasteiger partial charge in [0.1, 0.15) is 5.69 Å². The van der Waals surface area contributed by atoms with E-state index in [4.69, 9.17) is 5.73 Å². The molecular weight excluding hydrogens is 398 g/mol. The largest absolute Gasteiger partial charge is 0.370 e. The highest BCUT2D eigenvalue weighted by Gasteiger charge is 2.21. The number of nitrogens with one attached hydrogen (secondary N) is 1. The van der Waals surface area contributed by atoms with Crippen LogP contribution in [0.25, 0.3) is 16.0 Å². The summed E-state index contributed by atoms with van der Waals surface area (Å²) in [5.74, 6) is -0.267. The quantitative estimate of drug-likeness (QED) is 0.527. The van der Waals surface area contributed by atoms with Crippen LogP contribution in [0.4, 0.5) is 11.4 Å². The van der Waals surface area contributed by atoms with Gasteiger partial charge in [0, 0.05) is 36.1 Å². The molecule has 1 amide bonds. The number of aromatic nitrogens is 4. The zero-order valence-electron chi connectivity index (χ0n) is 16.2. The Kier molecular flexibility index (Phi) is 4.89. The zero-order valence-corrected chi connectivity index (χ0v) is 17.0. The number of rotatable bonds is 4. The van der Waals surface area contributed by atoms with Crippen LogP contribution in [-0.2, 0) is 0 Å². The number of benzene rings is 1. The zero-order chi connectivity index (χ0) is 20.5. The topological polar surface area (TPSA) is 102 Å². The third-order valence-corrected chi connectivity index (χ3v) is 6.13. The first kappa shape index (κ1) is 18.7. The predicted octanol–water partition coefficient (Wildman–Crippen LogP) is 3.06. The number of piperidine rings is 1. The molecule has 1 fully saturated rings. The first-order chi connectivity index (χ1) is 14.7. The van der Waals surface area contributed by atoms with Gasteiger partial charge >= 0.3 is 0 Å². The maximum absolute atomic E-state index is 12.9. The van der Waals surface area contributed by atoms with Crippen LogP contribution in [0.3, 0.4) is 0 Å². The van der Waals surface area contributed by atoms with Gasteiger partial charge in [-0.1, -0.05) is 18.2 Å². The van der Waals surface area contributed by atoms with Crippen LogP contribution in [0, 0.1) is 0 Å². The van der Waals surface area contributed by atoms with E-state index in [1.165, 1.54) is 11.3 Å². The number of anilines is 2. The first-order valence-corrected chi connectivity index (χ1v) is 10.7. The Bertz CT molecular complexity index is 1190. The third-order valence-electron chi connectivity index (χ3n) is 5.31. The Labute approximate surface area is 177 Å². The number of hydrogen-bond acceptors (Lipinski definition) is 7. The summed E-state index contributed by atoms with van der Waals surface area (Å²) < 4.78 is 1.75. The number of nitrogens with two attached hydrogens (primary N) is 1. The molecule has 1 aliphatic heterocycles. The molecule has 152 valence electrons. The lowest BCUT2D eigenvalue weighted by atomic mass is 10.1. The molecule has 0 aliphatic carbocycles. The fourth-order valence-corrected chi connectivity index (χ4v) is 4.45. The van der Waals surface area contributed by atoms with Crippen LogP contribution in [-0.4, -0.2) is 44.8 Å². The monoisotopic (exact) mass is 419 g/mol. The molecular formula is C21H21N7OS. The van der Waals surface area contributed by atoms with E-state index >= 15 is 0 Å². The van der Waals surface area contributed by atoms with Crippen molar-refractivity contribution in [2.45, 2.75) is 18.9 Å². The maximum atomic E-state index is 12.9. The van der Waals surface area contributed by atoms with Crippen LogP contribution >= 0.6 is 11.3 Å². The molecule has 3 N–H and O–H groups in total. The Hall–Kier alpha value is -3.30. The molecule has 0 radical (unpaired) electrons. The van der Waals surface area contributed by atoms with Gasteiger partial charge in [-0.15, -0.1) is 11.3 Å². The average molecular weight is 420 g/mol. The third kappa shape index (κ3) is 3.53. The van der Waals surface area contributed by atoms with E-state index in [-0.39, 0.29) is 11.9 Å². The molecule has 1 aliphatic rings. The minimum Gasteiger partial charge on any atom is -0.370 e. The fraction of sp³-hybridized carbons (Fsp3) is 0.238. The number of nitrogens with zero attached hydrogens (tertiary/aromatic N) is 5. The molecule has 1 aromatic carbocycles. The second-order valence-corrected chi connectivity index (χ2v) is 8.14. The number of pyridine rings is 1. The van der Waals surface area contributed by atoms with Gasteiger partial charge in [-0.25, -0.2) is 9.67 Å². The van der Waals surface area contributed by atoms with Gasteiger partial charge in [-0.2, -0.15) is 5.10 Å². The van der Waals surface area contributed by atoms with Gasteiger partial charge in [-0.3, -0.25) is 9.78 Å². The van der Waals surface area contributed by atoms with Crippen LogP contribution in [0.1, 0.15) is 23.3 Å². The van der Waals surface area contributed by atoms with E-state index in [1.54, 1.807) is 28.7 Å². The summed E-state index contributed by atoms with van der Waals surface area (Å²) in [6, 6.07) is 10.1. The molecule has 5 rings (SSSR count). The maximum Gasteiger partial charge on any atom is 0.275 e. The van der Waals surface area contributed by atoms with Gasteiger partial charge in [0.15, 0.2) is 0 Å². The summed E-state index contributed by atoms with van der Waals surface area (Å²) in [4.78, 5) is 23.8. The summed E-state index contributed by atoms with van der Waals surface area (Å²) >= 11 is 1.38.